The molecule has 3 nitrogen and oxygen atoms in total. The monoisotopic (exact) mass is 127 g/mol. The van der Waals surface area contributed by atoms with Gasteiger partial charge in [0.05, 0.1) is 11.1 Å². The van der Waals surface area contributed by atoms with Crippen LogP contribution in [0.1, 0.15) is 6.92 Å². The smallest absolute Gasteiger partial charge is 0.335 e. The number of carbonyl (C=O) groups excluding carboxylic acids is 1. The van der Waals surface area contributed by atoms with Gasteiger partial charge in [-0.25, -0.2) is 4.79 Å². The van der Waals surface area contributed by atoms with Crippen molar-refractivity contribution in [1.82, 2.24) is 0 Å². The van der Waals surface area contributed by atoms with E-state index in [4.69, 9.17) is 5.73 Å². The predicted octanol–water partition coefficient (Wildman–Crippen LogP) is -0.183. The maximum atomic E-state index is 10.6. The lowest BCUT2D eigenvalue weighted by Crippen LogP contribution is -2.38. The molecule has 1 heterocycles. The summed E-state index contributed by atoms with van der Waals surface area (Å²) in [6, 6.07) is 0. The molecular formula is C6H9NO2. The molecule has 1 unspecified atom stereocenters. The van der Waals surface area contributed by atoms with Gasteiger partial charge in [-0.15, -0.1) is 0 Å². The number of cyclic esters (lactones) is 1. The van der Waals surface area contributed by atoms with Crippen LogP contribution < -0.4 is 5.73 Å². The third kappa shape index (κ3) is 0.833. The van der Waals surface area contributed by atoms with E-state index in [1.807, 2.05) is 0 Å². The molecule has 1 aliphatic rings. The average molecular weight is 127 g/mol. The van der Waals surface area contributed by atoms with Crippen molar-refractivity contribution in [3.63, 3.8) is 0 Å². The first kappa shape index (κ1) is 6.29. The highest BCUT2D eigenvalue weighted by atomic mass is 16.5. The Kier molecular flexibility index (Phi) is 1.10. The fourth-order valence-electron chi connectivity index (χ4n) is 0.623. The average Bonchev–Trinajstić information content (AvgIpc) is 1.97. The summed E-state index contributed by atoms with van der Waals surface area (Å²) >= 11 is 0. The van der Waals surface area contributed by atoms with E-state index in [-0.39, 0.29) is 12.6 Å². The van der Waals surface area contributed by atoms with E-state index in [1.165, 1.54) is 0 Å². The normalized spacial score (nSPS) is 34.9. The summed E-state index contributed by atoms with van der Waals surface area (Å²) in [6.07, 6.45) is 0. The lowest BCUT2D eigenvalue weighted by molar-refractivity contribution is -0.135. The summed E-state index contributed by atoms with van der Waals surface area (Å²) in [7, 11) is 0. The summed E-state index contributed by atoms with van der Waals surface area (Å²) in [5.74, 6) is -0.375. The number of hydrogen-bond acceptors (Lipinski definition) is 3. The third-order valence-corrected chi connectivity index (χ3v) is 1.44. The van der Waals surface area contributed by atoms with Gasteiger partial charge in [0.15, 0.2) is 0 Å². The van der Waals surface area contributed by atoms with Crippen LogP contribution in [0.25, 0.3) is 0 Å². The highest BCUT2D eigenvalue weighted by Gasteiger charge is 2.36. The topological polar surface area (TPSA) is 52.3 Å². The second-order valence-corrected chi connectivity index (χ2v) is 2.47. The van der Waals surface area contributed by atoms with E-state index < -0.39 is 5.54 Å². The van der Waals surface area contributed by atoms with Crippen LogP contribution in [0.2, 0.25) is 0 Å². The molecular weight excluding hydrogens is 118 g/mol. The molecule has 0 aromatic rings. The zero-order valence-corrected chi connectivity index (χ0v) is 5.31. The molecule has 0 aliphatic carbocycles. The number of rotatable bonds is 0. The van der Waals surface area contributed by atoms with Gasteiger partial charge in [0.1, 0.15) is 6.61 Å². The fraction of sp³-hybridized carbons (Fsp3) is 0.500. The Balaban J connectivity index is 2.86. The molecule has 3 heteroatoms. The minimum Gasteiger partial charge on any atom is -0.460 e. The van der Waals surface area contributed by atoms with E-state index in [1.54, 1.807) is 6.92 Å². The Morgan fingerprint density at radius 1 is 1.89 bits per heavy atom. The van der Waals surface area contributed by atoms with Gasteiger partial charge in [0.2, 0.25) is 0 Å². The minimum absolute atomic E-state index is 0.255. The van der Waals surface area contributed by atoms with Gasteiger partial charge < -0.3 is 10.5 Å². The molecule has 0 aromatic carbocycles. The molecule has 50 valence electrons. The Labute approximate surface area is 53.5 Å². The largest absolute Gasteiger partial charge is 0.460 e. The van der Waals surface area contributed by atoms with Crippen LogP contribution >= 0.6 is 0 Å². The van der Waals surface area contributed by atoms with Crippen LogP contribution in [-0.2, 0) is 9.53 Å². The second kappa shape index (κ2) is 1.57. The molecule has 2 N–H and O–H groups in total. The number of nitrogens with two attached hydrogens (primary N) is 1. The van der Waals surface area contributed by atoms with Gasteiger partial charge in [-0.1, -0.05) is 6.58 Å². The van der Waals surface area contributed by atoms with Crippen LogP contribution in [0.15, 0.2) is 12.2 Å². The van der Waals surface area contributed by atoms with E-state index in [0.717, 1.165) is 0 Å². The quantitative estimate of drug-likeness (QED) is 0.362. The number of ether oxygens (including phenoxy) is 1. The maximum absolute atomic E-state index is 10.6. The molecule has 0 spiro atoms. The van der Waals surface area contributed by atoms with E-state index in [2.05, 4.69) is 11.3 Å². The van der Waals surface area contributed by atoms with Crippen molar-refractivity contribution in [2.75, 3.05) is 6.61 Å². The van der Waals surface area contributed by atoms with Crippen LogP contribution in [0, 0.1) is 0 Å². The second-order valence-electron chi connectivity index (χ2n) is 2.47. The summed E-state index contributed by atoms with van der Waals surface area (Å²) in [5, 5.41) is 0. The molecule has 9 heavy (non-hydrogen) atoms. The molecule has 1 aliphatic heterocycles. The molecule has 1 rings (SSSR count). The Bertz CT molecular complexity index is 172. The van der Waals surface area contributed by atoms with Gasteiger partial charge in [-0.05, 0) is 6.92 Å². The summed E-state index contributed by atoms with van der Waals surface area (Å²) in [6.45, 7) is 5.47. The highest BCUT2D eigenvalue weighted by Crippen LogP contribution is 2.20. The highest BCUT2D eigenvalue weighted by molar-refractivity contribution is 5.92. The van der Waals surface area contributed by atoms with E-state index in [9.17, 15) is 4.79 Å². The SMILES string of the molecule is C=C1C(=O)OCC1(C)N. The first-order valence-electron chi connectivity index (χ1n) is 2.69. The number of carbonyl (C=O) groups is 1. The van der Waals surface area contributed by atoms with Gasteiger partial charge in [0, 0.05) is 0 Å². The first-order valence-corrected chi connectivity index (χ1v) is 2.69. The van der Waals surface area contributed by atoms with Crippen molar-refractivity contribution in [3.8, 4) is 0 Å². The molecule has 1 atom stereocenters. The number of esters is 1. The van der Waals surface area contributed by atoms with E-state index in [0.29, 0.717) is 5.57 Å². The number of hydrogen-bond donors (Lipinski definition) is 1. The first-order chi connectivity index (χ1) is 4.04. The Morgan fingerprint density at radius 2 is 2.44 bits per heavy atom. The zero-order valence-electron chi connectivity index (χ0n) is 5.31. The molecule has 0 radical (unpaired) electrons. The summed E-state index contributed by atoms with van der Waals surface area (Å²) < 4.78 is 4.62. The lowest BCUT2D eigenvalue weighted by atomic mass is 9.99. The van der Waals surface area contributed by atoms with E-state index >= 15 is 0 Å². The van der Waals surface area contributed by atoms with Gasteiger partial charge in [0.25, 0.3) is 0 Å². The standard InChI is InChI=1S/C6H9NO2/c1-4-5(8)9-3-6(4,2)7/h1,3,7H2,2H3. The summed E-state index contributed by atoms with van der Waals surface area (Å²) in [5.41, 5.74) is 5.29. The summed E-state index contributed by atoms with van der Waals surface area (Å²) in [4.78, 5) is 10.6. The molecule has 0 bridgehead atoms. The molecule has 1 fully saturated rings. The Morgan fingerprint density at radius 3 is 2.56 bits per heavy atom. The minimum atomic E-state index is -0.642. The lowest BCUT2D eigenvalue weighted by Gasteiger charge is -2.12. The van der Waals surface area contributed by atoms with Crippen molar-refractivity contribution in [3.05, 3.63) is 12.2 Å². The Hall–Kier alpha value is -0.830. The maximum Gasteiger partial charge on any atom is 0.335 e. The zero-order chi connectivity index (χ0) is 7.07. The van der Waals surface area contributed by atoms with Crippen molar-refractivity contribution < 1.29 is 9.53 Å². The van der Waals surface area contributed by atoms with Crippen molar-refractivity contribution in [1.29, 1.82) is 0 Å². The van der Waals surface area contributed by atoms with Crippen LogP contribution in [0.4, 0.5) is 0 Å². The van der Waals surface area contributed by atoms with Crippen LogP contribution in [0.3, 0.4) is 0 Å². The molecule has 1 saturated heterocycles. The van der Waals surface area contributed by atoms with Crippen LogP contribution in [-0.4, -0.2) is 18.1 Å². The van der Waals surface area contributed by atoms with Crippen molar-refractivity contribution >= 4 is 5.97 Å². The molecule has 0 aromatic heterocycles. The van der Waals surface area contributed by atoms with Crippen molar-refractivity contribution in [2.45, 2.75) is 12.5 Å². The predicted molar refractivity (Wildman–Crippen MR) is 32.7 cm³/mol. The van der Waals surface area contributed by atoms with Crippen LogP contribution in [0.5, 0.6) is 0 Å². The van der Waals surface area contributed by atoms with Gasteiger partial charge in [-0.3, -0.25) is 0 Å². The molecule has 0 amide bonds. The molecule has 0 saturated carbocycles. The fourth-order valence-corrected chi connectivity index (χ4v) is 0.623. The van der Waals surface area contributed by atoms with Gasteiger partial charge in [-0.2, -0.15) is 0 Å². The van der Waals surface area contributed by atoms with Gasteiger partial charge >= 0.3 is 5.97 Å². The third-order valence-electron chi connectivity index (χ3n) is 1.44. The van der Waals surface area contributed by atoms with Crippen molar-refractivity contribution in [2.24, 2.45) is 5.73 Å².